The topological polar surface area (TPSA) is 21.7 Å². The highest BCUT2D eigenvalue weighted by atomic mass is 16.5. The largest absolute Gasteiger partial charge is 0.497 e. The molecule has 40 heavy (non-hydrogen) atoms. The molecule has 5 aromatic carbocycles. The highest BCUT2D eigenvalue weighted by Crippen LogP contribution is 2.60. The molecule has 1 heterocycles. The van der Waals surface area contributed by atoms with Crippen LogP contribution in [0.5, 0.6) is 11.5 Å². The molecule has 3 nitrogen and oxygen atoms in total. The van der Waals surface area contributed by atoms with Crippen LogP contribution in [0.4, 0.5) is 5.69 Å². The zero-order valence-corrected chi connectivity index (χ0v) is 23.3. The van der Waals surface area contributed by atoms with Crippen LogP contribution in [0.15, 0.2) is 91.0 Å². The maximum atomic E-state index is 7.48. The van der Waals surface area contributed by atoms with Crippen molar-refractivity contribution in [1.29, 1.82) is 0 Å². The summed E-state index contributed by atoms with van der Waals surface area (Å²) in [5.41, 5.74) is 7.01. The average Bonchev–Trinajstić information content (AvgIpc) is 3.64. The van der Waals surface area contributed by atoms with Gasteiger partial charge in [0.25, 0.3) is 0 Å². The van der Waals surface area contributed by atoms with E-state index in [-0.39, 0.29) is 0 Å². The number of benzene rings is 5. The van der Waals surface area contributed by atoms with E-state index < -0.39 is 5.60 Å². The molecule has 0 radical (unpaired) electrons. The fourth-order valence-corrected chi connectivity index (χ4v) is 7.66. The summed E-state index contributed by atoms with van der Waals surface area (Å²) >= 11 is 0. The van der Waals surface area contributed by atoms with Crippen molar-refractivity contribution in [2.24, 2.45) is 0 Å². The zero-order chi connectivity index (χ0) is 27.0. The number of rotatable bonds is 4. The van der Waals surface area contributed by atoms with Crippen LogP contribution in [0, 0.1) is 0 Å². The number of fused-ring (bicyclic) bond motifs is 12. The third kappa shape index (κ3) is 3.24. The van der Waals surface area contributed by atoms with Gasteiger partial charge in [-0.1, -0.05) is 66.7 Å². The molecule has 0 N–H and O–H groups in total. The van der Waals surface area contributed by atoms with Crippen LogP contribution in [-0.2, 0) is 5.60 Å². The van der Waals surface area contributed by atoms with Crippen molar-refractivity contribution in [3.63, 3.8) is 0 Å². The second-order valence-corrected chi connectivity index (χ2v) is 11.8. The highest BCUT2D eigenvalue weighted by molar-refractivity contribution is 6.14. The summed E-state index contributed by atoms with van der Waals surface area (Å²) in [6.45, 7) is 0. The molecule has 2 bridgehead atoms. The number of ether oxygens (including phenoxy) is 2. The molecule has 198 valence electrons. The smallest absolute Gasteiger partial charge is 0.178 e. The quantitative estimate of drug-likeness (QED) is 0.220. The lowest BCUT2D eigenvalue weighted by atomic mass is 9.79. The van der Waals surface area contributed by atoms with E-state index in [4.69, 9.17) is 9.47 Å². The molecule has 0 aromatic heterocycles. The number of hydrogen-bond acceptors (Lipinski definition) is 3. The molecule has 1 saturated carbocycles. The second kappa shape index (κ2) is 8.63. The van der Waals surface area contributed by atoms with Gasteiger partial charge in [0.05, 0.1) is 7.11 Å². The van der Waals surface area contributed by atoms with Crippen molar-refractivity contribution in [2.45, 2.75) is 36.7 Å². The Hall–Kier alpha value is -4.24. The minimum atomic E-state index is -0.764. The van der Waals surface area contributed by atoms with Gasteiger partial charge in [0.1, 0.15) is 11.5 Å². The SMILES string of the molecule is COc1ccc(C2(c3ccc(N(C)C)cc3)C=Cc3c4c(c5ccc6ccccc6c5c3O2)C2CCC4C2)cc1. The molecule has 0 saturated heterocycles. The molecule has 0 spiro atoms. The lowest BCUT2D eigenvalue weighted by molar-refractivity contribution is 0.163. The van der Waals surface area contributed by atoms with Crippen molar-refractivity contribution in [3.05, 3.63) is 119 Å². The van der Waals surface area contributed by atoms with Gasteiger partial charge in [-0.3, -0.25) is 0 Å². The first-order valence-electron chi connectivity index (χ1n) is 14.4. The summed E-state index contributed by atoms with van der Waals surface area (Å²) in [5.74, 6) is 3.15. The lowest BCUT2D eigenvalue weighted by Gasteiger charge is -2.38. The van der Waals surface area contributed by atoms with E-state index in [0.29, 0.717) is 11.8 Å². The third-order valence-corrected chi connectivity index (χ3v) is 9.60. The highest BCUT2D eigenvalue weighted by Gasteiger charge is 2.44. The molecule has 5 aromatic rings. The summed E-state index contributed by atoms with van der Waals surface area (Å²) in [4.78, 5) is 2.13. The van der Waals surface area contributed by atoms with Crippen molar-refractivity contribution >= 4 is 33.3 Å². The van der Waals surface area contributed by atoms with E-state index in [1.807, 2.05) is 12.1 Å². The van der Waals surface area contributed by atoms with Crippen molar-refractivity contribution < 1.29 is 9.47 Å². The summed E-state index contributed by atoms with van der Waals surface area (Å²) < 4.78 is 13.0. The van der Waals surface area contributed by atoms with Crippen molar-refractivity contribution in [1.82, 2.24) is 0 Å². The first kappa shape index (κ1) is 23.6. The molecule has 3 unspecified atom stereocenters. The van der Waals surface area contributed by atoms with Gasteiger partial charge < -0.3 is 14.4 Å². The molecule has 8 rings (SSSR count). The summed E-state index contributed by atoms with van der Waals surface area (Å²) in [6.07, 6.45) is 8.54. The first-order chi connectivity index (χ1) is 19.6. The van der Waals surface area contributed by atoms with Crippen LogP contribution in [0.25, 0.3) is 27.6 Å². The Labute approximate surface area is 235 Å². The van der Waals surface area contributed by atoms with Gasteiger partial charge in [0.2, 0.25) is 0 Å². The Kier molecular flexibility index (Phi) is 5.10. The molecule has 3 aliphatic rings. The molecule has 1 aliphatic heterocycles. The number of nitrogens with zero attached hydrogens (tertiary/aromatic N) is 1. The Morgan fingerprint density at radius 1 is 0.775 bits per heavy atom. The van der Waals surface area contributed by atoms with E-state index in [2.05, 4.69) is 104 Å². The van der Waals surface area contributed by atoms with E-state index in [1.165, 1.54) is 57.6 Å². The third-order valence-electron chi connectivity index (χ3n) is 9.60. The fraction of sp³-hybridized carbons (Fsp3) is 0.243. The number of methoxy groups -OCH3 is 1. The van der Waals surface area contributed by atoms with Gasteiger partial charge in [0, 0.05) is 41.9 Å². The average molecular weight is 524 g/mol. The minimum Gasteiger partial charge on any atom is -0.497 e. The predicted molar refractivity (Wildman–Crippen MR) is 165 cm³/mol. The van der Waals surface area contributed by atoms with Crippen LogP contribution < -0.4 is 14.4 Å². The first-order valence-corrected chi connectivity index (χ1v) is 14.4. The van der Waals surface area contributed by atoms with Gasteiger partial charge in [-0.15, -0.1) is 0 Å². The summed E-state index contributed by atoms with van der Waals surface area (Å²) in [5, 5.41) is 5.15. The molecule has 1 fully saturated rings. The molecule has 0 amide bonds. The van der Waals surface area contributed by atoms with Crippen LogP contribution in [0.3, 0.4) is 0 Å². The Bertz CT molecular complexity index is 1820. The van der Waals surface area contributed by atoms with Crippen LogP contribution in [0.2, 0.25) is 0 Å². The van der Waals surface area contributed by atoms with Gasteiger partial charge in [-0.25, -0.2) is 0 Å². The molecular formula is C37H33NO2. The zero-order valence-electron chi connectivity index (χ0n) is 23.3. The maximum absolute atomic E-state index is 7.48. The van der Waals surface area contributed by atoms with Gasteiger partial charge in [-0.2, -0.15) is 0 Å². The van der Waals surface area contributed by atoms with E-state index in [1.54, 1.807) is 12.7 Å². The van der Waals surface area contributed by atoms with Gasteiger partial charge in [-0.05, 0) is 88.7 Å². The Morgan fingerprint density at radius 2 is 1.48 bits per heavy atom. The van der Waals surface area contributed by atoms with Crippen LogP contribution >= 0.6 is 0 Å². The Morgan fingerprint density at radius 3 is 2.20 bits per heavy atom. The molecule has 2 aliphatic carbocycles. The van der Waals surface area contributed by atoms with Crippen LogP contribution in [0.1, 0.15) is 58.9 Å². The molecule has 3 atom stereocenters. The number of anilines is 1. The monoisotopic (exact) mass is 523 g/mol. The molecule has 3 heteroatoms. The van der Waals surface area contributed by atoms with Crippen LogP contribution in [-0.4, -0.2) is 21.2 Å². The van der Waals surface area contributed by atoms with E-state index in [0.717, 1.165) is 22.6 Å². The summed E-state index contributed by atoms with van der Waals surface area (Å²) in [7, 11) is 5.86. The summed E-state index contributed by atoms with van der Waals surface area (Å²) in [6, 6.07) is 30.6. The number of hydrogen-bond donors (Lipinski definition) is 0. The second-order valence-electron chi connectivity index (χ2n) is 11.8. The van der Waals surface area contributed by atoms with Crippen molar-refractivity contribution in [2.75, 3.05) is 26.1 Å². The standard InChI is InChI=1S/C37H33NO2/c1-38(2)28-15-11-26(12-16-28)37(27-13-17-29(39-3)18-14-27)21-20-32-34-25-9-8-24(22-25)33(34)31-19-10-23-6-4-5-7-30(23)35(31)36(32)40-37/h4-7,10-21,24-25H,8-9,22H2,1-3H3. The van der Waals surface area contributed by atoms with Crippen molar-refractivity contribution in [3.8, 4) is 11.5 Å². The lowest BCUT2D eigenvalue weighted by Crippen LogP contribution is -2.34. The maximum Gasteiger partial charge on any atom is 0.178 e. The van der Waals surface area contributed by atoms with E-state index >= 15 is 0 Å². The van der Waals surface area contributed by atoms with Gasteiger partial charge in [0.15, 0.2) is 5.60 Å². The molecular weight excluding hydrogens is 490 g/mol. The fourth-order valence-electron chi connectivity index (χ4n) is 7.66. The predicted octanol–water partition coefficient (Wildman–Crippen LogP) is 8.78. The van der Waals surface area contributed by atoms with E-state index in [9.17, 15) is 0 Å². The normalized spacial score (nSPS) is 22.3. The minimum absolute atomic E-state index is 0.630. The van der Waals surface area contributed by atoms with Gasteiger partial charge >= 0.3 is 0 Å². The Balaban J connectivity index is 1.43.